The maximum Gasteiger partial charge on any atom is 0.307 e. The monoisotopic (exact) mass is 352 g/mol. The molecule has 2 aromatic rings. The summed E-state index contributed by atoms with van der Waals surface area (Å²) in [5.41, 5.74) is 9.42. The van der Waals surface area contributed by atoms with Crippen LogP contribution in [0, 0.1) is 31.6 Å². The second-order valence-corrected chi connectivity index (χ2v) is 7.10. The van der Waals surface area contributed by atoms with Gasteiger partial charge in [0.2, 0.25) is 0 Å². The largest absolute Gasteiger partial charge is 0.481 e. The predicted octanol–water partition coefficient (Wildman–Crippen LogP) is 1.63. The zero-order valence-corrected chi connectivity index (χ0v) is 14.6. The van der Waals surface area contributed by atoms with Crippen LogP contribution < -0.4 is 10.6 Å². The summed E-state index contributed by atoms with van der Waals surface area (Å²) in [7, 11) is 0. The second-order valence-electron chi connectivity index (χ2n) is 7.10. The third-order valence-corrected chi connectivity index (χ3v) is 5.46. The molecule has 0 radical (unpaired) electrons. The zero-order chi connectivity index (χ0) is 18.6. The minimum Gasteiger partial charge on any atom is -0.481 e. The number of hydrogen-bond acceptors (Lipinski definition) is 5. The van der Waals surface area contributed by atoms with Crippen LogP contribution in [0.3, 0.4) is 0 Å². The molecule has 2 heterocycles. The number of rotatable bonds is 4. The van der Waals surface area contributed by atoms with Crippen LogP contribution in [0.1, 0.15) is 21.9 Å². The van der Waals surface area contributed by atoms with Gasteiger partial charge in [0.25, 0.3) is 5.91 Å². The Kier molecular flexibility index (Phi) is 3.68. The highest BCUT2D eigenvalue weighted by Gasteiger charge is 2.59. The van der Waals surface area contributed by atoms with Crippen LogP contribution in [0.25, 0.3) is 11.3 Å². The molecule has 1 saturated heterocycles. The van der Waals surface area contributed by atoms with Crippen molar-refractivity contribution in [3.05, 3.63) is 41.3 Å². The van der Waals surface area contributed by atoms with Crippen molar-refractivity contribution in [3.63, 3.8) is 0 Å². The van der Waals surface area contributed by atoms with Crippen molar-refractivity contribution in [3.8, 4) is 11.3 Å². The molecule has 2 fully saturated rings. The lowest BCUT2D eigenvalue weighted by Gasteiger charge is -2.21. The Morgan fingerprint density at radius 3 is 2.23 bits per heavy atom. The van der Waals surface area contributed by atoms with Gasteiger partial charge in [0.1, 0.15) is 5.69 Å². The molecular formula is C19H20N4O3. The molecular weight excluding hydrogens is 332 g/mol. The van der Waals surface area contributed by atoms with Crippen molar-refractivity contribution in [2.24, 2.45) is 23.5 Å². The van der Waals surface area contributed by atoms with Crippen molar-refractivity contribution in [2.45, 2.75) is 13.8 Å². The number of aliphatic carboxylic acids is 1. The summed E-state index contributed by atoms with van der Waals surface area (Å²) >= 11 is 0. The molecule has 0 spiro atoms. The van der Waals surface area contributed by atoms with E-state index in [1.807, 2.05) is 31.2 Å². The van der Waals surface area contributed by atoms with Gasteiger partial charge >= 0.3 is 5.97 Å². The number of carbonyl (C=O) groups is 2. The normalized spacial score (nSPS) is 23.6. The summed E-state index contributed by atoms with van der Waals surface area (Å²) in [6.07, 6.45) is 0. The number of carbonyl (C=O) groups excluding carboxylic acids is 1. The smallest absolute Gasteiger partial charge is 0.307 e. The summed E-state index contributed by atoms with van der Waals surface area (Å²) in [4.78, 5) is 33.6. The van der Waals surface area contributed by atoms with Gasteiger partial charge in [-0.1, -0.05) is 12.1 Å². The number of benzene rings is 1. The molecule has 3 atom stereocenters. The molecule has 1 amide bonds. The number of primary amides is 1. The van der Waals surface area contributed by atoms with E-state index in [2.05, 4.69) is 14.9 Å². The highest BCUT2D eigenvalue weighted by Crippen LogP contribution is 2.52. The first-order valence-electron chi connectivity index (χ1n) is 8.60. The number of fused-ring (bicyclic) bond motifs is 1. The van der Waals surface area contributed by atoms with Crippen molar-refractivity contribution in [2.75, 3.05) is 18.0 Å². The number of piperidine rings is 1. The van der Waals surface area contributed by atoms with Gasteiger partial charge in [-0.2, -0.15) is 0 Å². The highest BCUT2D eigenvalue weighted by atomic mass is 16.4. The van der Waals surface area contributed by atoms with Crippen LogP contribution in [-0.4, -0.2) is 40.0 Å². The quantitative estimate of drug-likeness (QED) is 0.865. The molecule has 0 bridgehead atoms. The molecule has 1 aromatic heterocycles. The lowest BCUT2D eigenvalue weighted by atomic mass is 10.1. The Balaban J connectivity index is 1.55. The average Bonchev–Trinajstić information content (AvgIpc) is 3.10. The molecule has 7 nitrogen and oxygen atoms in total. The lowest BCUT2D eigenvalue weighted by molar-refractivity contribution is -0.139. The van der Waals surface area contributed by atoms with Gasteiger partial charge in [0.05, 0.1) is 23.0 Å². The fraction of sp³-hybridized carbons (Fsp3) is 0.368. The fourth-order valence-electron chi connectivity index (χ4n) is 4.07. The lowest BCUT2D eigenvalue weighted by Crippen LogP contribution is -2.25. The standard InChI is InChI=1S/C19H20N4O3/c1-9-16(22-17(18(20)24)10(2)21-9)11-3-5-12(6-4-11)23-7-13-14(8-23)15(13)19(25)26/h3-6,13-15H,7-8H2,1-2H3,(H2,20,24)(H,25,26)/t13-,14+,15?. The van der Waals surface area contributed by atoms with Crippen molar-refractivity contribution >= 4 is 17.6 Å². The van der Waals surface area contributed by atoms with Crippen molar-refractivity contribution in [1.29, 1.82) is 0 Å². The SMILES string of the molecule is Cc1nc(C)c(-c2ccc(N3C[C@@H]4C(C(=O)O)[C@@H]4C3)cc2)nc1C(N)=O. The van der Waals surface area contributed by atoms with Crippen molar-refractivity contribution < 1.29 is 14.7 Å². The molecule has 1 saturated carbocycles. The van der Waals surface area contributed by atoms with Crippen molar-refractivity contribution in [1.82, 2.24) is 9.97 Å². The van der Waals surface area contributed by atoms with Gasteiger partial charge in [0, 0.05) is 24.3 Å². The minimum absolute atomic E-state index is 0.164. The van der Waals surface area contributed by atoms with Crippen LogP contribution >= 0.6 is 0 Å². The van der Waals surface area contributed by atoms with Crippen LogP contribution in [0.2, 0.25) is 0 Å². The first kappa shape index (κ1) is 16.5. The molecule has 1 unspecified atom stereocenters. The molecule has 26 heavy (non-hydrogen) atoms. The van der Waals surface area contributed by atoms with E-state index in [1.165, 1.54) is 0 Å². The second kappa shape index (κ2) is 5.79. The highest BCUT2D eigenvalue weighted by molar-refractivity contribution is 5.92. The van der Waals surface area contributed by atoms with E-state index < -0.39 is 11.9 Å². The molecule has 4 rings (SSSR count). The maximum atomic E-state index is 11.5. The number of hydrogen-bond donors (Lipinski definition) is 2. The summed E-state index contributed by atoms with van der Waals surface area (Å²) in [5.74, 6) is -0.875. The van der Waals surface area contributed by atoms with Crippen LogP contribution in [0.15, 0.2) is 24.3 Å². The van der Waals surface area contributed by atoms with Gasteiger partial charge in [-0.25, -0.2) is 4.98 Å². The molecule has 134 valence electrons. The van der Waals surface area contributed by atoms with E-state index in [0.717, 1.165) is 30.0 Å². The zero-order valence-electron chi connectivity index (χ0n) is 14.6. The number of carboxylic acids is 1. The van der Waals surface area contributed by atoms with E-state index in [4.69, 9.17) is 10.8 Å². The summed E-state index contributed by atoms with van der Waals surface area (Å²) < 4.78 is 0. The first-order chi connectivity index (χ1) is 12.4. The number of aryl methyl sites for hydroxylation is 2. The van der Waals surface area contributed by atoms with Gasteiger partial charge in [-0.15, -0.1) is 0 Å². The third-order valence-electron chi connectivity index (χ3n) is 5.46. The van der Waals surface area contributed by atoms with E-state index >= 15 is 0 Å². The minimum atomic E-state index is -0.673. The van der Waals surface area contributed by atoms with Crippen LogP contribution in [-0.2, 0) is 4.79 Å². The van der Waals surface area contributed by atoms with Gasteiger partial charge in [0.15, 0.2) is 0 Å². The third kappa shape index (κ3) is 2.60. The summed E-state index contributed by atoms with van der Waals surface area (Å²) in [6, 6.07) is 7.90. The summed E-state index contributed by atoms with van der Waals surface area (Å²) in [6.45, 7) is 5.15. The van der Waals surface area contributed by atoms with E-state index in [9.17, 15) is 9.59 Å². The van der Waals surface area contributed by atoms with E-state index in [1.54, 1.807) is 6.92 Å². The van der Waals surface area contributed by atoms with E-state index in [0.29, 0.717) is 11.4 Å². The predicted molar refractivity (Wildman–Crippen MR) is 95.8 cm³/mol. The summed E-state index contributed by atoms with van der Waals surface area (Å²) in [5, 5.41) is 9.12. The molecule has 2 aliphatic rings. The Morgan fingerprint density at radius 1 is 1.08 bits per heavy atom. The maximum absolute atomic E-state index is 11.5. The van der Waals surface area contributed by atoms with Gasteiger partial charge in [-0.3, -0.25) is 14.6 Å². The number of aromatic nitrogens is 2. The first-order valence-corrected chi connectivity index (χ1v) is 8.60. The topological polar surface area (TPSA) is 109 Å². The molecule has 1 aliphatic heterocycles. The fourth-order valence-corrected chi connectivity index (χ4v) is 4.07. The van der Waals surface area contributed by atoms with Crippen LogP contribution in [0.4, 0.5) is 5.69 Å². The Bertz CT molecular complexity index is 898. The van der Waals surface area contributed by atoms with Gasteiger partial charge < -0.3 is 15.7 Å². The van der Waals surface area contributed by atoms with Gasteiger partial charge in [-0.05, 0) is 37.8 Å². The molecule has 7 heteroatoms. The average molecular weight is 352 g/mol. The Morgan fingerprint density at radius 2 is 1.69 bits per heavy atom. The molecule has 1 aromatic carbocycles. The number of nitrogens with two attached hydrogens (primary N) is 1. The number of nitrogens with zero attached hydrogens (tertiary/aromatic N) is 3. The Hall–Kier alpha value is -2.96. The van der Waals surface area contributed by atoms with Crippen LogP contribution in [0.5, 0.6) is 0 Å². The Labute approximate surface area is 150 Å². The molecule has 3 N–H and O–H groups in total. The molecule has 1 aliphatic carbocycles. The number of anilines is 1. The van der Waals surface area contributed by atoms with E-state index in [-0.39, 0.29) is 23.4 Å². The number of carboxylic acid groups (broad SMARTS) is 1. The number of amides is 1.